The van der Waals surface area contributed by atoms with Crippen molar-refractivity contribution in [1.29, 1.82) is 0 Å². The van der Waals surface area contributed by atoms with Gasteiger partial charge in [-0.05, 0) is 13.8 Å². The zero-order valence-corrected chi connectivity index (χ0v) is 22.0. The molecule has 1 amide bonds. The van der Waals surface area contributed by atoms with E-state index in [9.17, 15) is 13.2 Å². The van der Waals surface area contributed by atoms with Gasteiger partial charge >= 0.3 is 10.3 Å². The molecule has 202 valence electrons. The van der Waals surface area contributed by atoms with Crippen LogP contribution in [0.3, 0.4) is 0 Å². The van der Waals surface area contributed by atoms with E-state index in [2.05, 4.69) is 11.1 Å². The molecule has 1 heterocycles. The van der Waals surface area contributed by atoms with Gasteiger partial charge in [0, 0.05) is 27.4 Å². The minimum Gasteiger partial charge on any atom is -0.382 e. The lowest BCUT2D eigenvalue weighted by atomic mass is 10.3. The Bertz CT molecular complexity index is 622. The Morgan fingerprint density at radius 2 is 1.21 bits per heavy atom. The highest BCUT2D eigenvalue weighted by Gasteiger charge is 2.25. The van der Waals surface area contributed by atoms with Crippen LogP contribution in [0.15, 0.2) is 11.8 Å². The molecule has 0 aromatic heterocycles. The molecular formula is C21H43N2O10S+. The van der Waals surface area contributed by atoms with Gasteiger partial charge in [0.1, 0.15) is 25.4 Å². The SMILES string of the molecule is CC1=CC(=O)NS(=O)(=O)O1.CC[N+](CCOCCOC)(CCOCCOC)CCOCCOC. The lowest BCUT2D eigenvalue weighted by molar-refractivity contribution is -0.927. The van der Waals surface area contributed by atoms with Crippen LogP contribution < -0.4 is 4.72 Å². The molecule has 1 rings (SSSR count). The summed E-state index contributed by atoms with van der Waals surface area (Å²) in [4.78, 5) is 10.4. The molecule has 0 spiro atoms. The largest absolute Gasteiger partial charge is 0.409 e. The summed E-state index contributed by atoms with van der Waals surface area (Å²) < 4.78 is 59.8. The quantitative estimate of drug-likeness (QED) is 0.187. The van der Waals surface area contributed by atoms with Crippen molar-refractivity contribution >= 4 is 16.2 Å². The minimum absolute atomic E-state index is 0.0729. The molecule has 1 aliphatic heterocycles. The average molecular weight is 516 g/mol. The topological polar surface area (TPSA) is 128 Å². The van der Waals surface area contributed by atoms with Crippen molar-refractivity contribution in [2.75, 3.05) is 107 Å². The molecular weight excluding hydrogens is 472 g/mol. The van der Waals surface area contributed by atoms with Crippen molar-refractivity contribution in [3.63, 3.8) is 0 Å². The highest BCUT2D eigenvalue weighted by molar-refractivity contribution is 7.85. The fraction of sp³-hybridized carbons (Fsp3) is 0.857. The molecule has 1 aliphatic rings. The Balaban J connectivity index is 0.000000896. The molecule has 0 atom stereocenters. The van der Waals surface area contributed by atoms with Crippen molar-refractivity contribution in [2.45, 2.75) is 13.8 Å². The number of likely N-dealkylation sites (N-methyl/N-ethyl adjacent to an activating group) is 1. The molecule has 0 unspecified atom stereocenters. The highest BCUT2D eigenvalue weighted by Crippen LogP contribution is 2.07. The molecule has 0 fully saturated rings. The van der Waals surface area contributed by atoms with Crippen LogP contribution in [0.2, 0.25) is 0 Å². The summed E-state index contributed by atoms with van der Waals surface area (Å²) in [7, 11) is 1.21. The van der Waals surface area contributed by atoms with Crippen molar-refractivity contribution in [3.8, 4) is 0 Å². The zero-order chi connectivity index (χ0) is 25.7. The summed E-state index contributed by atoms with van der Waals surface area (Å²) in [6, 6.07) is 0. The van der Waals surface area contributed by atoms with Gasteiger partial charge in [-0.15, -0.1) is 0 Å². The smallest absolute Gasteiger partial charge is 0.382 e. The first kappa shape index (κ1) is 32.7. The van der Waals surface area contributed by atoms with Crippen molar-refractivity contribution in [3.05, 3.63) is 11.8 Å². The fourth-order valence-corrected chi connectivity index (χ4v) is 3.61. The van der Waals surface area contributed by atoms with Crippen LogP contribution in [0, 0.1) is 0 Å². The van der Waals surface area contributed by atoms with E-state index in [0.717, 1.165) is 36.7 Å². The Hall–Kier alpha value is -1.32. The van der Waals surface area contributed by atoms with Crippen LogP contribution in [0.1, 0.15) is 13.8 Å². The summed E-state index contributed by atoms with van der Waals surface area (Å²) in [5.41, 5.74) is 0. The molecule has 0 saturated heterocycles. The number of quaternary nitrogens is 1. The Morgan fingerprint density at radius 3 is 1.50 bits per heavy atom. The lowest BCUT2D eigenvalue weighted by Gasteiger charge is -2.37. The number of amides is 1. The second-order valence-corrected chi connectivity index (χ2v) is 8.68. The van der Waals surface area contributed by atoms with E-state index < -0.39 is 16.2 Å². The fourth-order valence-electron chi connectivity index (χ4n) is 2.87. The molecule has 0 aliphatic carbocycles. The maximum atomic E-state index is 10.5. The first-order chi connectivity index (χ1) is 16.2. The number of rotatable bonds is 19. The Kier molecular flexibility index (Phi) is 19.2. The van der Waals surface area contributed by atoms with Gasteiger partial charge in [0.25, 0.3) is 5.91 Å². The third-order valence-corrected chi connectivity index (χ3v) is 5.83. The third kappa shape index (κ3) is 17.2. The Labute approximate surface area is 204 Å². The molecule has 0 radical (unpaired) electrons. The molecule has 0 aromatic rings. The van der Waals surface area contributed by atoms with E-state index in [0.29, 0.717) is 59.5 Å². The second-order valence-electron chi connectivity index (χ2n) is 7.40. The molecule has 12 nitrogen and oxygen atoms in total. The van der Waals surface area contributed by atoms with E-state index in [-0.39, 0.29) is 5.76 Å². The number of carbonyl (C=O) groups is 1. The van der Waals surface area contributed by atoms with Crippen LogP contribution in [0.4, 0.5) is 0 Å². The molecule has 0 bridgehead atoms. The second kappa shape index (κ2) is 19.9. The van der Waals surface area contributed by atoms with Crippen molar-refractivity contribution in [2.24, 2.45) is 0 Å². The average Bonchev–Trinajstić information content (AvgIpc) is 2.77. The van der Waals surface area contributed by atoms with E-state index >= 15 is 0 Å². The predicted molar refractivity (Wildman–Crippen MR) is 125 cm³/mol. The van der Waals surface area contributed by atoms with E-state index in [1.54, 1.807) is 26.1 Å². The van der Waals surface area contributed by atoms with Crippen LogP contribution >= 0.6 is 0 Å². The van der Waals surface area contributed by atoms with Crippen LogP contribution in [0.5, 0.6) is 0 Å². The number of allylic oxidation sites excluding steroid dienone is 1. The van der Waals surface area contributed by atoms with Gasteiger partial charge in [-0.3, -0.25) is 4.79 Å². The number of nitrogens with one attached hydrogen (secondary N) is 1. The zero-order valence-electron chi connectivity index (χ0n) is 21.2. The van der Waals surface area contributed by atoms with Crippen molar-refractivity contribution in [1.82, 2.24) is 4.72 Å². The van der Waals surface area contributed by atoms with E-state index in [1.165, 1.54) is 6.92 Å². The van der Waals surface area contributed by atoms with Gasteiger partial charge < -0.3 is 37.1 Å². The van der Waals surface area contributed by atoms with Gasteiger partial charge in [0.2, 0.25) is 0 Å². The number of carbonyl (C=O) groups excluding carboxylic acids is 1. The summed E-state index contributed by atoms with van der Waals surface area (Å²) in [6.45, 7) is 13.4. The number of hydrogen-bond acceptors (Lipinski definition) is 10. The summed E-state index contributed by atoms with van der Waals surface area (Å²) in [5.74, 6) is -0.604. The van der Waals surface area contributed by atoms with E-state index in [1.807, 2.05) is 0 Å². The molecule has 13 heteroatoms. The summed E-state index contributed by atoms with van der Waals surface area (Å²) >= 11 is 0. The lowest BCUT2D eigenvalue weighted by Crippen LogP contribution is -2.53. The predicted octanol–water partition coefficient (Wildman–Crippen LogP) is 0.0935. The maximum absolute atomic E-state index is 10.5. The molecule has 1 N–H and O–H groups in total. The summed E-state index contributed by atoms with van der Waals surface area (Å²) in [5, 5.41) is 0. The monoisotopic (exact) mass is 515 g/mol. The first-order valence-electron chi connectivity index (χ1n) is 11.2. The van der Waals surface area contributed by atoms with Crippen molar-refractivity contribution < 1.29 is 50.3 Å². The van der Waals surface area contributed by atoms with Gasteiger partial charge in [-0.25, -0.2) is 4.72 Å². The number of ether oxygens (including phenoxy) is 6. The first-order valence-corrected chi connectivity index (χ1v) is 12.6. The summed E-state index contributed by atoms with van der Waals surface area (Å²) in [6.07, 6.45) is 1.06. The van der Waals surface area contributed by atoms with Gasteiger partial charge in [-0.2, -0.15) is 8.42 Å². The van der Waals surface area contributed by atoms with E-state index in [4.69, 9.17) is 28.4 Å². The molecule has 34 heavy (non-hydrogen) atoms. The highest BCUT2D eigenvalue weighted by atomic mass is 32.2. The number of nitrogens with zero attached hydrogens (tertiary/aromatic N) is 1. The van der Waals surface area contributed by atoms with Gasteiger partial charge in [-0.1, -0.05) is 0 Å². The normalized spacial score (nSPS) is 15.1. The molecule has 0 aromatic carbocycles. The standard InChI is InChI=1S/C17H38NO6.C4H5NO4S/c1-5-18(6-9-22-15-12-19-2,7-10-23-16-13-20-3)8-11-24-17-14-21-4;1-3-2-4(6)5-10(7,8)9-3/h5-17H2,1-4H3;2H,1H3,(H,5,6)/q+1;. The van der Waals surface area contributed by atoms with Crippen LogP contribution in [0.25, 0.3) is 0 Å². The minimum atomic E-state index is -3.85. The number of hydrogen-bond donors (Lipinski definition) is 1. The third-order valence-electron chi connectivity index (χ3n) is 4.90. The maximum Gasteiger partial charge on any atom is 0.409 e. The van der Waals surface area contributed by atoms with Gasteiger partial charge in [0.05, 0.1) is 66.0 Å². The number of methoxy groups -OCH3 is 3. The van der Waals surface area contributed by atoms with Crippen LogP contribution in [-0.2, 0) is 47.7 Å². The molecule has 0 saturated carbocycles. The Morgan fingerprint density at radius 1 is 0.794 bits per heavy atom. The van der Waals surface area contributed by atoms with Crippen LogP contribution in [-0.4, -0.2) is 126 Å². The van der Waals surface area contributed by atoms with Gasteiger partial charge in [0.15, 0.2) is 0 Å².